The summed E-state index contributed by atoms with van der Waals surface area (Å²) < 4.78 is 8.70. The van der Waals surface area contributed by atoms with Gasteiger partial charge >= 0.3 is 0 Å². The molecular formula is C27H19NOS. The van der Waals surface area contributed by atoms with Crippen LogP contribution >= 0.6 is 11.3 Å². The van der Waals surface area contributed by atoms with E-state index in [0.717, 1.165) is 16.7 Å². The topological polar surface area (TPSA) is 26.0 Å². The number of aryl methyl sites for hydroxylation is 2. The predicted molar refractivity (Wildman–Crippen MR) is 127 cm³/mol. The summed E-state index contributed by atoms with van der Waals surface area (Å²) in [5.41, 5.74) is 7.67. The van der Waals surface area contributed by atoms with Crippen LogP contribution in [0.4, 0.5) is 0 Å². The molecule has 0 bridgehead atoms. The lowest BCUT2D eigenvalue weighted by Crippen LogP contribution is -1.81. The molecular weight excluding hydrogens is 386 g/mol. The molecule has 0 radical (unpaired) electrons. The number of oxazole rings is 1. The SMILES string of the molecule is Cc1cc2nc(-c3ccc(-c4cccc5c4sc4ccccc45)cc3)oc2cc1C. The van der Waals surface area contributed by atoms with Gasteiger partial charge in [0.15, 0.2) is 5.58 Å². The van der Waals surface area contributed by atoms with Crippen LogP contribution in [0.2, 0.25) is 0 Å². The normalized spacial score (nSPS) is 11.7. The quantitative estimate of drug-likeness (QED) is 0.290. The van der Waals surface area contributed by atoms with Crippen LogP contribution in [0.15, 0.2) is 83.3 Å². The Hall–Kier alpha value is -3.43. The minimum atomic E-state index is 0.668. The Labute approximate surface area is 178 Å². The van der Waals surface area contributed by atoms with Crippen molar-refractivity contribution in [1.82, 2.24) is 4.98 Å². The largest absolute Gasteiger partial charge is 0.436 e. The molecule has 30 heavy (non-hydrogen) atoms. The van der Waals surface area contributed by atoms with Crippen molar-refractivity contribution >= 4 is 42.6 Å². The first-order valence-electron chi connectivity index (χ1n) is 10.1. The third kappa shape index (κ3) is 2.66. The maximum Gasteiger partial charge on any atom is 0.227 e. The molecule has 2 aromatic heterocycles. The van der Waals surface area contributed by atoms with Crippen LogP contribution in [-0.4, -0.2) is 4.98 Å². The molecule has 0 spiro atoms. The van der Waals surface area contributed by atoms with Gasteiger partial charge in [-0.3, -0.25) is 0 Å². The average Bonchev–Trinajstić information content (AvgIpc) is 3.35. The van der Waals surface area contributed by atoms with E-state index in [1.807, 2.05) is 11.3 Å². The predicted octanol–water partition coefficient (Wildman–Crippen LogP) is 8.15. The van der Waals surface area contributed by atoms with Crippen LogP contribution in [-0.2, 0) is 0 Å². The molecule has 0 unspecified atom stereocenters. The van der Waals surface area contributed by atoms with Crippen LogP contribution in [0.25, 0.3) is 53.9 Å². The van der Waals surface area contributed by atoms with E-state index in [9.17, 15) is 0 Å². The summed E-state index contributed by atoms with van der Waals surface area (Å²) in [6, 6.07) is 27.9. The smallest absolute Gasteiger partial charge is 0.227 e. The van der Waals surface area contributed by atoms with E-state index in [1.54, 1.807) is 0 Å². The lowest BCUT2D eigenvalue weighted by Gasteiger charge is -2.04. The first-order chi connectivity index (χ1) is 14.7. The van der Waals surface area contributed by atoms with Gasteiger partial charge in [-0.15, -0.1) is 11.3 Å². The number of nitrogens with zero attached hydrogens (tertiary/aromatic N) is 1. The average molecular weight is 406 g/mol. The molecule has 0 aliphatic rings. The first-order valence-corrected chi connectivity index (χ1v) is 10.9. The lowest BCUT2D eigenvalue weighted by atomic mass is 10.0. The summed E-state index contributed by atoms with van der Waals surface area (Å²) >= 11 is 1.86. The number of hydrogen-bond acceptors (Lipinski definition) is 3. The van der Waals surface area contributed by atoms with E-state index in [-0.39, 0.29) is 0 Å². The van der Waals surface area contributed by atoms with Crippen LogP contribution < -0.4 is 0 Å². The van der Waals surface area contributed by atoms with E-state index in [1.165, 1.54) is 42.4 Å². The Morgan fingerprint density at radius 3 is 2.33 bits per heavy atom. The van der Waals surface area contributed by atoms with Crippen molar-refractivity contribution in [1.29, 1.82) is 0 Å². The molecule has 6 aromatic rings. The van der Waals surface area contributed by atoms with Gasteiger partial charge < -0.3 is 4.42 Å². The summed E-state index contributed by atoms with van der Waals surface area (Å²) in [6.07, 6.45) is 0. The molecule has 3 heteroatoms. The molecule has 4 aromatic carbocycles. The molecule has 0 fully saturated rings. The van der Waals surface area contributed by atoms with E-state index in [0.29, 0.717) is 5.89 Å². The van der Waals surface area contributed by atoms with Crippen molar-refractivity contribution in [2.24, 2.45) is 0 Å². The van der Waals surface area contributed by atoms with Gasteiger partial charge in [-0.25, -0.2) is 4.98 Å². The fraction of sp³-hybridized carbons (Fsp3) is 0.0741. The Morgan fingerprint density at radius 1 is 0.733 bits per heavy atom. The number of rotatable bonds is 2. The highest BCUT2D eigenvalue weighted by Gasteiger charge is 2.12. The van der Waals surface area contributed by atoms with E-state index < -0.39 is 0 Å². The standard InChI is InChI=1S/C27H19NOS/c1-16-14-23-24(15-17(16)2)29-27(28-23)19-12-10-18(11-13-19)20-7-5-8-22-21-6-3-4-9-25(21)30-26(20)22/h3-15H,1-2H3. The molecule has 0 amide bonds. The molecule has 2 heterocycles. The monoisotopic (exact) mass is 405 g/mol. The van der Waals surface area contributed by atoms with Gasteiger partial charge in [0.2, 0.25) is 5.89 Å². The minimum absolute atomic E-state index is 0.668. The van der Waals surface area contributed by atoms with Crippen molar-refractivity contribution in [3.8, 4) is 22.6 Å². The number of aromatic nitrogens is 1. The van der Waals surface area contributed by atoms with Gasteiger partial charge in [0.1, 0.15) is 5.52 Å². The van der Waals surface area contributed by atoms with E-state index >= 15 is 0 Å². The number of hydrogen-bond donors (Lipinski definition) is 0. The maximum absolute atomic E-state index is 6.04. The second kappa shape index (κ2) is 6.54. The number of thiophene rings is 1. The number of fused-ring (bicyclic) bond motifs is 4. The Balaban J connectivity index is 1.44. The Bertz CT molecular complexity index is 1510. The fourth-order valence-corrected chi connectivity index (χ4v) is 5.31. The molecule has 0 atom stereocenters. The molecule has 0 saturated carbocycles. The molecule has 0 saturated heterocycles. The van der Waals surface area contributed by atoms with Gasteiger partial charge in [-0.1, -0.05) is 48.5 Å². The second-order valence-electron chi connectivity index (χ2n) is 7.78. The zero-order valence-electron chi connectivity index (χ0n) is 16.8. The zero-order chi connectivity index (χ0) is 20.2. The fourth-order valence-electron chi connectivity index (χ4n) is 4.07. The highest BCUT2D eigenvalue weighted by molar-refractivity contribution is 7.26. The van der Waals surface area contributed by atoms with Crippen molar-refractivity contribution in [2.45, 2.75) is 13.8 Å². The molecule has 0 N–H and O–H groups in total. The van der Waals surface area contributed by atoms with Gasteiger partial charge in [0.25, 0.3) is 0 Å². The van der Waals surface area contributed by atoms with Crippen LogP contribution in [0.5, 0.6) is 0 Å². The molecule has 2 nitrogen and oxygen atoms in total. The van der Waals surface area contributed by atoms with Crippen LogP contribution in [0.3, 0.4) is 0 Å². The summed E-state index contributed by atoms with van der Waals surface area (Å²) in [6.45, 7) is 4.20. The molecule has 0 aliphatic heterocycles. The van der Waals surface area contributed by atoms with Gasteiger partial charge in [-0.2, -0.15) is 0 Å². The van der Waals surface area contributed by atoms with Gasteiger partial charge in [0.05, 0.1) is 0 Å². The van der Waals surface area contributed by atoms with Crippen LogP contribution in [0.1, 0.15) is 11.1 Å². The van der Waals surface area contributed by atoms with E-state index in [2.05, 4.69) is 92.7 Å². The first kappa shape index (κ1) is 17.4. The van der Waals surface area contributed by atoms with Gasteiger partial charge in [-0.05, 0) is 66.4 Å². The Kier molecular flexibility index (Phi) is 3.80. The summed E-state index contributed by atoms with van der Waals surface area (Å²) in [5, 5.41) is 2.65. The molecule has 6 rings (SSSR count). The van der Waals surface area contributed by atoms with Crippen molar-refractivity contribution < 1.29 is 4.42 Å². The summed E-state index contributed by atoms with van der Waals surface area (Å²) in [7, 11) is 0. The second-order valence-corrected chi connectivity index (χ2v) is 8.83. The highest BCUT2D eigenvalue weighted by atomic mass is 32.1. The van der Waals surface area contributed by atoms with Crippen molar-refractivity contribution in [3.05, 3.63) is 90.0 Å². The van der Waals surface area contributed by atoms with E-state index in [4.69, 9.17) is 9.40 Å². The van der Waals surface area contributed by atoms with Crippen molar-refractivity contribution in [3.63, 3.8) is 0 Å². The highest BCUT2D eigenvalue weighted by Crippen LogP contribution is 2.40. The lowest BCUT2D eigenvalue weighted by molar-refractivity contribution is 0.619. The maximum atomic E-state index is 6.04. The van der Waals surface area contributed by atoms with Crippen LogP contribution in [0, 0.1) is 13.8 Å². The van der Waals surface area contributed by atoms with Gasteiger partial charge in [0, 0.05) is 25.7 Å². The zero-order valence-corrected chi connectivity index (χ0v) is 17.6. The third-order valence-corrected chi connectivity index (χ3v) is 7.07. The summed E-state index contributed by atoms with van der Waals surface area (Å²) in [5.74, 6) is 0.668. The van der Waals surface area contributed by atoms with Crippen molar-refractivity contribution in [2.75, 3.05) is 0 Å². The number of benzene rings is 4. The third-order valence-electron chi connectivity index (χ3n) is 5.85. The minimum Gasteiger partial charge on any atom is -0.436 e. The molecule has 144 valence electrons. The summed E-state index contributed by atoms with van der Waals surface area (Å²) in [4.78, 5) is 4.70. The molecule has 0 aliphatic carbocycles. The Morgan fingerprint density at radius 2 is 1.47 bits per heavy atom.